The molecule has 120 valence electrons. The minimum absolute atomic E-state index is 0.133. The highest BCUT2D eigenvalue weighted by atomic mass is 16.5. The van der Waals surface area contributed by atoms with E-state index in [0.717, 1.165) is 25.9 Å². The molecule has 0 aromatic carbocycles. The number of hydrogen-bond acceptors (Lipinski definition) is 2. The molecule has 1 N–H and O–H groups in total. The van der Waals surface area contributed by atoms with Gasteiger partial charge in [-0.05, 0) is 39.0 Å². The molecule has 0 aromatic heterocycles. The first-order valence-electron chi connectivity index (χ1n) is 8.82. The SMILES string of the molecule is CCO[C@@H]1C[C@H](N(C)C(=O)NC2CCCC2)C12CCCC2. The molecule has 4 nitrogen and oxygen atoms in total. The van der Waals surface area contributed by atoms with Gasteiger partial charge in [-0.25, -0.2) is 4.79 Å². The second-order valence-corrected chi connectivity index (χ2v) is 7.18. The van der Waals surface area contributed by atoms with Gasteiger partial charge in [-0.15, -0.1) is 0 Å². The number of carbonyl (C=O) groups is 1. The Morgan fingerprint density at radius 1 is 1.24 bits per heavy atom. The van der Waals surface area contributed by atoms with Gasteiger partial charge in [0.15, 0.2) is 0 Å². The monoisotopic (exact) mass is 294 g/mol. The Bertz CT molecular complexity index is 373. The molecule has 3 rings (SSSR count). The highest BCUT2D eigenvalue weighted by molar-refractivity contribution is 5.75. The standard InChI is InChI=1S/C17H30N2O2/c1-3-21-15-12-14(17(15)10-6-7-11-17)19(2)16(20)18-13-8-4-5-9-13/h13-15H,3-12H2,1-2H3,(H,18,20)/t14-,15+/m0/s1. The van der Waals surface area contributed by atoms with E-state index in [1.54, 1.807) is 0 Å². The second-order valence-electron chi connectivity index (χ2n) is 7.18. The maximum Gasteiger partial charge on any atom is 0.317 e. The number of nitrogens with one attached hydrogen (secondary N) is 1. The molecule has 0 radical (unpaired) electrons. The number of urea groups is 1. The molecule has 0 heterocycles. The lowest BCUT2D eigenvalue weighted by atomic mass is 9.60. The van der Waals surface area contributed by atoms with Crippen LogP contribution < -0.4 is 5.32 Å². The molecular formula is C17H30N2O2. The molecule has 0 aliphatic heterocycles. The smallest absolute Gasteiger partial charge is 0.317 e. The minimum Gasteiger partial charge on any atom is -0.378 e. The second kappa shape index (κ2) is 6.15. The number of ether oxygens (including phenoxy) is 1. The van der Waals surface area contributed by atoms with E-state index >= 15 is 0 Å². The van der Waals surface area contributed by atoms with Crippen molar-refractivity contribution in [3.8, 4) is 0 Å². The number of hydrogen-bond donors (Lipinski definition) is 1. The van der Waals surface area contributed by atoms with Gasteiger partial charge < -0.3 is 15.0 Å². The number of nitrogens with zero attached hydrogens (tertiary/aromatic N) is 1. The van der Waals surface area contributed by atoms with Gasteiger partial charge in [-0.2, -0.15) is 0 Å². The summed E-state index contributed by atoms with van der Waals surface area (Å²) in [7, 11) is 1.98. The van der Waals surface area contributed by atoms with E-state index in [4.69, 9.17) is 4.74 Å². The lowest BCUT2D eigenvalue weighted by Gasteiger charge is -2.56. The zero-order chi connectivity index (χ0) is 14.9. The fourth-order valence-electron chi connectivity index (χ4n) is 4.88. The molecule has 1 spiro atoms. The van der Waals surface area contributed by atoms with Crippen LogP contribution in [-0.4, -0.2) is 42.8 Å². The van der Waals surface area contributed by atoms with Crippen LogP contribution in [0.5, 0.6) is 0 Å². The summed E-state index contributed by atoms with van der Waals surface area (Å²) in [5.74, 6) is 0. The van der Waals surface area contributed by atoms with E-state index in [1.165, 1.54) is 38.5 Å². The summed E-state index contributed by atoms with van der Waals surface area (Å²) in [6, 6.07) is 0.910. The Hall–Kier alpha value is -0.770. The minimum atomic E-state index is 0.133. The maximum absolute atomic E-state index is 12.5. The summed E-state index contributed by atoms with van der Waals surface area (Å²) in [5.41, 5.74) is 0.248. The molecule has 21 heavy (non-hydrogen) atoms. The summed E-state index contributed by atoms with van der Waals surface area (Å²) in [5, 5.41) is 3.23. The van der Waals surface area contributed by atoms with Crippen LogP contribution in [0.1, 0.15) is 64.7 Å². The molecule has 3 aliphatic rings. The van der Waals surface area contributed by atoms with Crippen molar-refractivity contribution in [1.82, 2.24) is 10.2 Å². The van der Waals surface area contributed by atoms with E-state index in [-0.39, 0.29) is 11.4 Å². The van der Waals surface area contributed by atoms with Crippen molar-refractivity contribution in [2.75, 3.05) is 13.7 Å². The van der Waals surface area contributed by atoms with E-state index in [0.29, 0.717) is 18.2 Å². The van der Waals surface area contributed by atoms with Crippen LogP contribution in [0.3, 0.4) is 0 Å². The first-order chi connectivity index (χ1) is 10.2. The van der Waals surface area contributed by atoms with Gasteiger partial charge in [0.05, 0.1) is 6.10 Å². The third kappa shape index (κ3) is 2.67. The number of rotatable bonds is 4. The van der Waals surface area contributed by atoms with Gasteiger partial charge in [-0.1, -0.05) is 25.7 Å². The summed E-state index contributed by atoms with van der Waals surface area (Å²) in [6.45, 7) is 2.86. The predicted octanol–water partition coefficient (Wildman–Crippen LogP) is 3.31. The fourth-order valence-corrected chi connectivity index (χ4v) is 4.88. The van der Waals surface area contributed by atoms with Gasteiger partial charge in [0, 0.05) is 31.2 Å². The first kappa shape index (κ1) is 15.1. The van der Waals surface area contributed by atoms with Crippen LogP contribution in [0, 0.1) is 5.41 Å². The lowest BCUT2D eigenvalue weighted by Crippen LogP contribution is -2.65. The maximum atomic E-state index is 12.5. The van der Waals surface area contributed by atoms with Gasteiger partial charge in [0.2, 0.25) is 0 Å². The Balaban J connectivity index is 1.61. The van der Waals surface area contributed by atoms with E-state index in [1.807, 2.05) is 11.9 Å². The first-order valence-corrected chi connectivity index (χ1v) is 8.82. The summed E-state index contributed by atoms with van der Waals surface area (Å²) < 4.78 is 5.95. The molecule has 3 fully saturated rings. The molecular weight excluding hydrogens is 264 g/mol. The molecule has 4 heteroatoms. The van der Waals surface area contributed by atoms with Crippen molar-refractivity contribution in [2.24, 2.45) is 5.41 Å². The zero-order valence-electron chi connectivity index (χ0n) is 13.6. The van der Waals surface area contributed by atoms with Crippen molar-refractivity contribution in [1.29, 1.82) is 0 Å². The molecule has 2 atom stereocenters. The summed E-state index contributed by atoms with van der Waals surface area (Å²) in [4.78, 5) is 14.5. The molecule has 0 bridgehead atoms. The van der Waals surface area contributed by atoms with Crippen molar-refractivity contribution in [2.45, 2.75) is 82.9 Å². The Morgan fingerprint density at radius 2 is 1.90 bits per heavy atom. The van der Waals surface area contributed by atoms with Crippen LogP contribution in [0.2, 0.25) is 0 Å². The largest absolute Gasteiger partial charge is 0.378 e. The molecule has 3 aliphatic carbocycles. The van der Waals surface area contributed by atoms with E-state index in [9.17, 15) is 4.79 Å². The quantitative estimate of drug-likeness (QED) is 0.864. The topological polar surface area (TPSA) is 41.6 Å². The van der Waals surface area contributed by atoms with Crippen LogP contribution in [-0.2, 0) is 4.74 Å². The van der Waals surface area contributed by atoms with Crippen molar-refractivity contribution < 1.29 is 9.53 Å². The zero-order valence-corrected chi connectivity index (χ0v) is 13.6. The number of carbonyl (C=O) groups excluding carboxylic acids is 1. The third-order valence-electron chi connectivity index (χ3n) is 6.12. The Labute approximate surface area is 128 Å². The molecule has 2 amide bonds. The van der Waals surface area contributed by atoms with Gasteiger partial charge >= 0.3 is 6.03 Å². The van der Waals surface area contributed by atoms with Gasteiger partial charge in [0.1, 0.15) is 0 Å². The third-order valence-corrected chi connectivity index (χ3v) is 6.12. The number of amides is 2. The predicted molar refractivity (Wildman–Crippen MR) is 83.3 cm³/mol. The van der Waals surface area contributed by atoms with Gasteiger partial charge in [0.25, 0.3) is 0 Å². The van der Waals surface area contributed by atoms with Crippen molar-refractivity contribution in [3.05, 3.63) is 0 Å². The fraction of sp³-hybridized carbons (Fsp3) is 0.941. The van der Waals surface area contributed by atoms with E-state index < -0.39 is 0 Å². The average molecular weight is 294 g/mol. The lowest BCUT2D eigenvalue weighted by molar-refractivity contribution is -0.151. The summed E-state index contributed by atoms with van der Waals surface area (Å²) >= 11 is 0. The van der Waals surface area contributed by atoms with Crippen LogP contribution in [0.4, 0.5) is 4.79 Å². The highest BCUT2D eigenvalue weighted by Crippen LogP contribution is 2.56. The van der Waals surface area contributed by atoms with Crippen molar-refractivity contribution >= 4 is 6.03 Å². The Morgan fingerprint density at radius 3 is 2.52 bits per heavy atom. The average Bonchev–Trinajstić information content (AvgIpc) is 3.14. The molecule has 0 aromatic rings. The van der Waals surface area contributed by atoms with Crippen LogP contribution in [0.15, 0.2) is 0 Å². The summed E-state index contributed by atoms with van der Waals surface area (Å²) in [6.07, 6.45) is 11.2. The van der Waals surface area contributed by atoms with Crippen LogP contribution >= 0.6 is 0 Å². The molecule has 0 saturated heterocycles. The normalized spacial score (nSPS) is 31.3. The van der Waals surface area contributed by atoms with Crippen LogP contribution in [0.25, 0.3) is 0 Å². The molecule has 0 unspecified atom stereocenters. The molecule has 3 saturated carbocycles. The Kier molecular flexibility index (Phi) is 4.43. The van der Waals surface area contributed by atoms with E-state index in [2.05, 4.69) is 12.2 Å². The van der Waals surface area contributed by atoms with Gasteiger partial charge in [-0.3, -0.25) is 0 Å². The van der Waals surface area contributed by atoms with Crippen molar-refractivity contribution in [3.63, 3.8) is 0 Å². The highest BCUT2D eigenvalue weighted by Gasteiger charge is 2.58.